The molecule has 0 spiro atoms. The van der Waals surface area contributed by atoms with E-state index in [1.807, 2.05) is 24.3 Å². The van der Waals surface area contributed by atoms with Crippen LogP contribution in [0.1, 0.15) is 31.7 Å². The van der Waals surface area contributed by atoms with E-state index >= 15 is 0 Å². The average molecular weight is 518 g/mol. The van der Waals surface area contributed by atoms with Crippen LogP contribution in [0.5, 0.6) is 0 Å². The number of nitrogens with one attached hydrogen (secondary N) is 2. The van der Waals surface area contributed by atoms with Crippen molar-refractivity contribution < 1.29 is 19.1 Å². The molecule has 34 heavy (non-hydrogen) atoms. The highest BCUT2D eigenvalue weighted by atomic mass is 35.5. The largest absolute Gasteiger partial charge is 0.467 e. The molecule has 0 heterocycles. The number of benzene rings is 1. The average Bonchev–Trinajstić information content (AvgIpc) is 2.82. The van der Waals surface area contributed by atoms with Crippen LogP contribution in [0.25, 0.3) is 0 Å². The highest BCUT2D eigenvalue weighted by molar-refractivity contribution is 6.18. The molecule has 0 aliphatic rings. The highest BCUT2D eigenvalue weighted by Gasteiger charge is 2.28. The van der Waals surface area contributed by atoms with Gasteiger partial charge in [0.15, 0.2) is 0 Å². The number of nitrogens with two attached hydrogens (primary N) is 2. The van der Waals surface area contributed by atoms with Crippen LogP contribution in [-0.2, 0) is 25.5 Å². The summed E-state index contributed by atoms with van der Waals surface area (Å²) in [7, 11) is 1.26. The number of carbonyl (C=O) groups excluding carboxylic acids is 3. The lowest BCUT2D eigenvalue weighted by Crippen LogP contribution is -2.54. The third-order valence-electron chi connectivity index (χ3n) is 5.25. The van der Waals surface area contributed by atoms with Gasteiger partial charge in [0.1, 0.15) is 12.1 Å². The summed E-state index contributed by atoms with van der Waals surface area (Å²) in [4.78, 5) is 39.5. The van der Waals surface area contributed by atoms with Gasteiger partial charge in [0.05, 0.1) is 13.2 Å². The van der Waals surface area contributed by atoms with Gasteiger partial charge in [-0.3, -0.25) is 9.59 Å². The van der Waals surface area contributed by atoms with Crippen molar-refractivity contribution in [2.75, 3.05) is 43.4 Å². The third-order valence-corrected chi connectivity index (χ3v) is 5.58. The smallest absolute Gasteiger partial charge is 0.328 e. The van der Waals surface area contributed by atoms with E-state index in [-0.39, 0.29) is 6.42 Å². The zero-order valence-corrected chi connectivity index (χ0v) is 21.4. The van der Waals surface area contributed by atoms with Crippen LogP contribution in [0.4, 0.5) is 5.69 Å². The number of amides is 2. The van der Waals surface area contributed by atoms with Crippen molar-refractivity contribution in [3.05, 3.63) is 29.8 Å². The molecule has 0 aliphatic heterocycles. The van der Waals surface area contributed by atoms with E-state index in [2.05, 4.69) is 15.5 Å². The maximum absolute atomic E-state index is 13.0. The molecule has 0 saturated carbocycles. The van der Waals surface area contributed by atoms with Crippen LogP contribution < -0.4 is 27.0 Å². The summed E-state index contributed by atoms with van der Waals surface area (Å²) in [6.45, 7) is 3.33. The fourth-order valence-corrected chi connectivity index (χ4v) is 3.73. The zero-order valence-electron chi connectivity index (χ0n) is 19.9. The molecule has 11 heteroatoms. The second-order valence-corrected chi connectivity index (χ2v) is 8.71. The summed E-state index contributed by atoms with van der Waals surface area (Å²) in [5.74, 6) is -0.560. The van der Waals surface area contributed by atoms with Gasteiger partial charge in [-0.25, -0.2) is 4.79 Å². The standard InChI is InChI=1S/C23H37Cl2N5O4/c1-16(27)21(31)28-19(5-3-4-12-26)22(32)29-20(23(33)34-2)15-17-6-8-18(9-7-17)30(13-10-24)14-11-25/h6-9,16,19-20H,3-5,10-15,26-27H2,1-2H3,(H,28,31)(H,29,32)/t16-,19-,20-/m0/s1. The molecule has 0 bridgehead atoms. The van der Waals surface area contributed by atoms with Crippen molar-refractivity contribution in [2.24, 2.45) is 11.5 Å². The Kier molecular flexibility index (Phi) is 14.6. The van der Waals surface area contributed by atoms with Gasteiger partial charge in [-0.2, -0.15) is 0 Å². The molecule has 1 rings (SSSR count). The topological polar surface area (TPSA) is 140 Å². The van der Waals surface area contributed by atoms with Crippen molar-refractivity contribution in [1.82, 2.24) is 10.6 Å². The number of ether oxygens (including phenoxy) is 1. The Labute approximate surface area is 211 Å². The van der Waals surface area contributed by atoms with Crippen molar-refractivity contribution in [2.45, 2.75) is 50.7 Å². The molecule has 0 aromatic heterocycles. The molecule has 192 valence electrons. The SMILES string of the molecule is COC(=O)[C@H](Cc1ccc(N(CCCl)CCCl)cc1)NC(=O)[C@H](CCCCN)NC(=O)[C@H](C)N. The molecule has 6 N–H and O–H groups in total. The molecule has 1 aromatic rings. The van der Waals surface area contributed by atoms with Gasteiger partial charge < -0.3 is 31.7 Å². The maximum Gasteiger partial charge on any atom is 0.328 e. The van der Waals surface area contributed by atoms with Gasteiger partial charge in [0, 0.05) is 37.0 Å². The number of hydrogen-bond donors (Lipinski definition) is 4. The number of esters is 1. The Hall–Kier alpha value is -2.07. The minimum absolute atomic E-state index is 0.223. The second kappa shape index (κ2) is 16.5. The van der Waals surface area contributed by atoms with Crippen LogP contribution in [0, 0.1) is 0 Å². The normalized spacial score (nSPS) is 13.5. The molecule has 3 atom stereocenters. The minimum Gasteiger partial charge on any atom is -0.467 e. The van der Waals surface area contributed by atoms with Gasteiger partial charge in [0.2, 0.25) is 11.8 Å². The predicted octanol–water partition coefficient (Wildman–Crippen LogP) is 1.13. The Morgan fingerprint density at radius 2 is 1.59 bits per heavy atom. The number of carbonyl (C=O) groups is 3. The molecule has 0 saturated heterocycles. The summed E-state index contributed by atoms with van der Waals surface area (Å²) in [5.41, 5.74) is 13.0. The van der Waals surface area contributed by atoms with Gasteiger partial charge >= 0.3 is 5.97 Å². The van der Waals surface area contributed by atoms with Gasteiger partial charge in [-0.1, -0.05) is 12.1 Å². The molecular formula is C23H37Cl2N5O4. The first-order valence-corrected chi connectivity index (χ1v) is 12.4. The van der Waals surface area contributed by atoms with Crippen molar-refractivity contribution in [3.63, 3.8) is 0 Å². The summed E-state index contributed by atoms with van der Waals surface area (Å²) >= 11 is 11.8. The lowest BCUT2D eigenvalue weighted by atomic mass is 10.0. The molecule has 1 aromatic carbocycles. The fourth-order valence-electron chi connectivity index (χ4n) is 3.33. The van der Waals surface area contributed by atoms with E-state index in [0.717, 1.165) is 11.3 Å². The van der Waals surface area contributed by atoms with Crippen LogP contribution in [0.2, 0.25) is 0 Å². The van der Waals surface area contributed by atoms with Gasteiger partial charge in [-0.15, -0.1) is 23.2 Å². The van der Waals surface area contributed by atoms with Crippen LogP contribution >= 0.6 is 23.2 Å². The summed E-state index contributed by atoms with van der Waals surface area (Å²) in [5, 5.41) is 5.37. The summed E-state index contributed by atoms with van der Waals surface area (Å²) < 4.78 is 4.89. The molecule has 0 radical (unpaired) electrons. The van der Waals surface area contributed by atoms with E-state index in [1.165, 1.54) is 14.0 Å². The highest BCUT2D eigenvalue weighted by Crippen LogP contribution is 2.17. The molecule has 0 aliphatic carbocycles. The van der Waals surface area contributed by atoms with E-state index < -0.39 is 35.9 Å². The number of methoxy groups -OCH3 is 1. The Morgan fingerprint density at radius 3 is 2.09 bits per heavy atom. The monoisotopic (exact) mass is 517 g/mol. The summed E-state index contributed by atoms with van der Waals surface area (Å²) in [6.07, 6.45) is 1.94. The lowest BCUT2D eigenvalue weighted by Gasteiger charge is -2.24. The number of anilines is 1. The van der Waals surface area contributed by atoms with Gasteiger partial charge in [-0.05, 0) is 50.4 Å². The van der Waals surface area contributed by atoms with E-state index in [9.17, 15) is 14.4 Å². The van der Waals surface area contributed by atoms with Crippen molar-refractivity contribution in [1.29, 1.82) is 0 Å². The number of nitrogens with zero attached hydrogens (tertiary/aromatic N) is 1. The molecule has 0 unspecified atom stereocenters. The van der Waals surface area contributed by atoms with E-state index in [1.54, 1.807) is 0 Å². The fraction of sp³-hybridized carbons (Fsp3) is 0.609. The predicted molar refractivity (Wildman–Crippen MR) is 136 cm³/mol. The van der Waals surface area contributed by atoms with Crippen LogP contribution in [0.15, 0.2) is 24.3 Å². The van der Waals surface area contributed by atoms with Crippen molar-refractivity contribution >= 4 is 46.7 Å². The molecule has 0 fully saturated rings. The third kappa shape index (κ3) is 10.5. The maximum atomic E-state index is 13.0. The Bertz CT molecular complexity index is 758. The Balaban J connectivity index is 2.95. The van der Waals surface area contributed by atoms with E-state index in [4.69, 9.17) is 39.4 Å². The van der Waals surface area contributed by atoms with E-state index in [0.29, 0.717) is 50.7 Å². The number of alkyl halides is 2. The summed E-state index contributed by atoms with van der Waals surface area (Å²) in [6, 6.07) is 5.07. The lowest BCUT2D eigenvalue weighted by molar-refractivity contribution is -0.145. The molecule has 9 nitrogen and oxygen atoms in total. The van der Waals surface area contributed by atoms with Crippen molar-refractivity contribution in [3.8, 4) is 0 Å². The number of unbranched alkanes of at least 4 members (excludes halogenated alkanes) is 1. The second-order valence-electron chi connectivity index (χ2n) is 7.95. The van der Waals surface area contributed by atoms with Gasteiger partial charge in [0.25, 0.3) is 0 Å². The first-order valence-electron chi connectivity index (χ1n) is 11.4. The minimum atomic E-state index is -0.922. The molecular weight excluding hydrogens is 481 g/mol. The number of halogens is 2. The van der Waals surface area contributed by atoms with Crippen LogP contribution in [0.3, 0.4) is 0 Å². The first kappa shape index (κ1) is 30.0. The zero-order chi connectivity index (χ0) is 25.5. The number of hydrogen-bond acceptors (Lipinski definition) is 7. The quantitative estimate of drug-likeness (QED) is 0.146. The Morgan fingerprint density at radius 1 is 1.00 bits per heavy atom. The number of rotatable bonds is 16. The first-order chi connectivity index (χ1) is 16.3. The molecule has 2 amide bonds. The van der Waals surface area contributed by atoms with Crippen LogP contribution in [-0.4, -0.2) is 74.4 Å².